The molecule has 0 saturated carbocycles. The number of hydrogen-bond acceptors (Lipinski definition) is 4. The number of rotatable bonds is 7. The van der Waals surface area contributed by atoms with Crippen molar-refractivity contribution in [1.29, 1.82) is 0 Å². The van der Waals surface area contributed by atoms with Crippen molar-refractivity contribution >= 4 is 10.0 Å². The second kappa shape index (κ2) is 9.41. The quantitative estimate of drug-likeness (QED) is 0.462. The van der Waals surface area contributed by atoms with Crippen molar-refractivity contribution in [2.75, 3.05) is 27.3 Å². The van der Waals surface area contributed by atoms with Gasteiger partial charge in [0.2, 0.25) is 10.0 Å². The Bertz CT molecular complexity index is 1240. The van der Waals surface area contributed by atoms with Gasteiger partial charge in [-0.15, -0.1) is 0 Å². The van der Waals surface area contributed by atoms with Crippen LogP contribution in [0.1, 0.15) is 22.6 Å². The van der Waals surface area contributed by atoms with Crippen molar-refractivity contribution < 1.29 is 17.9 Å². The monoisotopic (exact) mass is 463 g/mol. The average Bonchev–Trinajstić information content (AvgIpc) is 3.22. The van der Waals surface area contributed by atoms with Gasteiger partial charge in [0.15, 0.2) is 0 Å². The maximum atomic E-state index is 13.4. The third-order valence-electron chi connectivity index (χ3n) is 6.30. The molecule has 1 heterocycles. The van der Waals surface area contributed by atoms with E-state index in [0.29, 0.717) is 29.5 Å². The minimum absolute atomic E-state index is 0.102. The standard InChI is InChI=1S/C27H29NO4S/c1-19-10-13-23(14-11-19)33(29,30)28-17-20(2)25(18-28)27(21-8-6-5-7-9-21)24-15-12-22(31-3)16-26(24)32-4/h5-16,25,27H,2,17-18H2,1,3-4H3/t25-,27+/m0/s1. The molecule has 4 rings (SSSR count). The van der Waals surface area contributed by atoms with E-state index in [-0.39, 0.29) is 11.8 Å². The van der Waals surface area contributed by atoms with Crippen molar-refractivity contribution in [2.24, 2.45) is 5.92 Å². The number of aryl methyl sites for hydroxylation is 1. The van der Waals surface area contributed by atoms with Crippen LogP contribution >= 0.6 is 0 Å². The highest BCUT2D eigenvalue weighted by Gasteiger charge is 2.40. The van der Waals surface area contributed by atoms with Gasteiger partial charge in [0, 0.05) is 36.6 Å². The number of methoxy groups -OCH3 is 2. The molecule has 0 aliphatic carbocycles. The SMILES string of the molecule is C=C1CN(S(=O)(=O)c2ccc(C)cc2)C[C@@H]1[C@H](c1ccccc1)c1ccc(OC)cc1OC. The Kier molecular flexibility index (Phi) is 6.58. The minimum atomic E-state index is -3.62. The van der Waals surface area contributed by atoms with Gasteiger partial charge in [-0.05, 0) is 30.7 Å². The smallest absolute Gasteiger partial charge is 0.243 e. The molecule has 33 heavy (non-hydrogen) atoms. The number of hydrogen-bond donors (Lipinski definition) is 0. The second-order valence-electron chi connectivity index (χ2n) is 8.37. The van der Waals surface area contributed by atoms with Crippen LogP contribution in [0, 0.1) is 12.8 Å². The van der Waals surface area contributed by atoms with Crippen molar-refractivity contribution in [3.05, 3.63) is 102 Å². The molecular weight excluding hydrogens is 434 g/mol. The first-order chi connectivity index (χ1) is 15.8. The summed E-state index contributed by atoms with van der Waals surface area (Å²) in [4.78, 5) is 0.305. The molecule has 5 nitrogen and oxygen atoms in total. The van der Waals surface area contributed by atoms with E-state index in [1.165, 1.54) is 4.31 Å². The summed E-state index contributed by atoms with van der Waals surface area (Å²) >= 11 is 0. The molecule has 2 atom stereocenters. The average molecular weight is 464 g/mol. The fourth-order valence-corrected chi connectivity index (χ4v) is 5.98. The van der Waals surface area contributed by atoms with Crippen LogP contribution in [0.4, 0.5) is 0 Å². The van der Waals surface area contributed by atoms with Crippen LogP contribution in [0.3, 0.4) is 0 Å². The predicted molar refractivity (Wildman–Crippen MR) is 130 cm³/mol. The van der Waals surface area contributed by atoms with E-state index in [1.807, 2.05) is 55.5 Å². The molecule has 172 valence electrons. The maximum absolute atomic E-state index is 13.4. The molecule has 3 aromatic rings. The summed E-state index contributed by atoms with van der Waals surface area (Å²) in [6, 6.07) is 22.9. The van der Waals surface area contributed by atoms with Crippen LogP contribution in [0.2, 0.25) is 0 Å². The molecule has 6 heteroatoms. The van der Waals surface area contributed by atoms with Gasteiger partial charge >= 0.3 is 0 Å². The Morgan fingerprint density at radius 1 is 0.970 bits per heavy atom. The zero-order valence-corrected chi connectivity index (χ0v) is 20.0. The Morgan fingerprint density at radius 2 is 1.67 bits per heavy atom. The fourth-order valence-electron chi connectivity index (χ4n) is 4.50. The van der Waals surface area contributed by atoms with Crippen LogP contribution in [0.5, 0.6) is 11.5 Å². The van der Waals surface area contributed by atoms with E-state index in [0.717, 1.165) is 22.3 Å². The lowest BCUT2D eigenvalue weighted by Crippen LogP contribution is -2.30. The topological polar surface area (TPSA) is 55.8 Å². The van der Waals surface area contributed by atoms with Crippen LogP contribution < -0.4 is 9.47 Å². The predicted octanol–water partition coefficient (Wildman–Crippen LogP) is 5.02. The molecule has 1 aliphatic rings. The first-order valence-electron chi connectivity index (χ1n) is 10.9. The number of benzene rings is 3. The molecule has 0 amide bonds. The Morgan fingerprint density at radius 3 is 2.30 bits per heavy atom. The van der Waals surface area contributed by atoms with Gasteiger partial charge in [-0.3, -0.25) is 0 Å². The van der Waals surface area contributed by atoms with Gasteiger partial charge < -0.3 is 9.47 Å². The highest BCUT2D eigenvalue weighted by Crippen LogP contribution is 2.44. The normalized spacial score (nSPS) is 17.7. The van der Waals surface area contributed by atoms with Crippen LogP contribution in [-0.2, 0) is 10.0 Å². The van der Waals surface area contributed by atoms with Crippen LogP contribution in [0.25, 0.3) is 0 Å². The Labute approximate surface area is 196 Å². The summed E-state index contributed by atoms with van der Waals surface area (Å²) in [6.07, 6.45) is 0. The highest BCUT2D eigenvalue weighted by atomic mass is 32.2. The second-order valence-corrected chi connectivity index (χ2v) is 10.3. The number of ether oxygens (including phenoxy) is 2. The molecule has 1 saturated heterocycles. The van der Waals surface area contributed by atoms with Crippen molar-refractivity contribution in [3.8, 4) is 11.5 Å². The fraction of sp³-hybridized carbons (Fsp3) is 0.259. The summed E-state index contributed by atoms with van der Waals surface area (Å²) in [5, 5.41) is 0. The van der Waals surface area contributed by atoms with Crippen molar-refractivity contribution in [2.45, 2.75) is 17.7 Å². The number of sulfonamides is 1. The lowest BCUT2D eigenvalue weighted by molar-refractivity contribution is 0.384. The Hall–Kier alpha value is -3.09. The van der Waals surface area contributed by atoms with Gasteiger partial charge in [-0.1, -0.05) is 66.2 Å². The minimum Gasteiger partial charge on any atom is -0.497 e. The van der Waals surface area contributed by atoms with Crippen LogP contribution in [0.15, 0.2) is 89.8 Å². The lowest BCUT2D eigenvalue weighted by Gasteiger charge is -2.27. The highest BCUT2D eigenvalue weighted by molar-refractivity contribution is 7.89. The van der Waals surface area contributed by atoms with Crippen molar-refractivity contribution in [3.63, 3.8) is 0 Å². The van der Waals surface area contributed by atoms with E-state index in [1.54, 1.807) is 26.4 Å². The van der Waals surface area contributed by atoms with E-state index in [2.05, 4.69) is 18.7 Å². The summed E-state index contributed by atoms with van der Waals surface area (Å²) in [5.41, 5.74) is 3.97. The zero-order valence-electron chi connectivity index (χ0n) is 19.2. The number of nitrogens with zero attached hydrogens (tertiary/aromatic N) is 1. The van der Waals surface area contributed by atoms with Gasteiger partial charge in [-0.25, -0.2) is 8.42 Å². The summed E-state index contributed by atoms with van der Waals surface area (Å²) < 4.78 is 39.4. The van der Waals surface area contributed by atoms with Gasteiger partial charge in [0.25, 0.3) is 0 Å². The summed E-state index contributed by atoms with van der Waals surface area (Å²) in [6.45, 7) is 6.88. The third-order valence-corrected chi connectivity index (χ3v) is 8.13. The zero-order chi connectivity index (χ0) is 23.6. The maximum Gasteiger partial charge on any atom is 0.243 e. The largest absolute Gasteiger partial charge is 0.497 e. The molecule has 1 aliphatic heterocycles. The molecule has 0 spiro atoms. The van der Waals surface area contributed by atoms with E-state index in [4.69, 9.17) is 9.47 Å². The van der Waals surface area contributed by atoms with Gasteiger partial charge in [0.1, 0.15) is 11.5 Å². The van der Waals surface area contributed by atoms with E-state index in [9.17, 15) is 8.42 Å². The van der Waals surface area contributed by atoms with Crippen molar-refractivity contribution in [1.82, 2.24) is 4.31 Å². The molecule has 0 unspecified atom stereocenters. The van der Waals surface area contributed by atoms with Gasteiger partial charge in [0.05, 0.1) is 19.1 Å². The van der Waals surface area contributed by atoms with E-state index >= 15 is 0 Å². The molecular formula is C27H29NO4S. The molecule has 0 bridgehead atoms. The lowest BCUT2D eigenvalue weighted by atomic mass is 9.78. The molecule has 0 N–H and O–H groups in total. The van der Waals surface area contributed by atoms with Gasteiger partial charge in [-0.2, -0.15) is 4.31 Å². The molecule has 0 aromatic heterocycles. The summed E-state index contributed by atoms with van der Waals surface area (Å²) in [7, 11) is -0.367. The molecule has 0 radical (unpaired) electrons. The van der Waals surface area contributed by atoms with E-state index < -0.39 is 10.0 Å². The van der Waals surface area contributed by atoms with Crippen LogP contribution in [-0.4, -0.2) is 40.0 Å². The first-order valence-corrected chi connectivity index (χ1v) is 12.3. The molecule has 1 fully saturated rings. The summed E-state index contributed by atoms with van der Waals surface area (Å²) in [5.74, 6) is 1.19. The first kappa shape index (κ1) is 23.1. The third kappa shape index (κ3) is 4.54. The molecule has 3 aromatic carbocycles. The Balaban J connectivity index is 1.75.